The van der Waals surface area contributed by atoms with Crippen LogP contribution in [0.2, 0.25) is 0 Å². The Kier molecular flexibility index (Phi) is 5.58. The van der Waals surface area contributed by atoms with Gasteiger partial charge in [0, 0.05) is 11.7 Å². The van der Waals surface area contributed by atoms with Gasteiger partial charge in [-0.15, -0.1) is 0 Å². The van der Waals surface area contributed by atoms with Crippen molar-refractivity contribution in [2.45, 2.75) is 33.7 Å². The predicted octanol–water partition coefficient (Wildman–Crippen LogP) is 4.09. The van der Waals surface area contributed by atoms with Gasteiger partial charge in [0.05, 0.1) is 11.3 Å². The Morgan fingerprint density at radius 3 is 2.25 bits per heavy atom. The molecule has 0 radical (unpaired) electrons. The van der Waals surface area contributed by atoms with Gasteiger partial charge in [-0.1, -0.05) is 24.3 Å². The van der Waals surface area contributed by atoms with E-state index in [9.17, 15) is 9.59 Å². The van der Waals surface area contributed by atoms with E-state index >= 15 is 0 Å². The monoisotopic (exact) mass is 325 g/mol. The normalized spacial score (nSPS) is 10.4. The van der Waals surface area contributed by atoms with Gasteiger partial charge in [0.2, 0.25) is 0 Å². The lowest BCUT2D eigenvalue weighted by Crippen LogP contribution is -2.34. The topological polar surface area (TPSA) is 70.2 Å². The molecule has 3 amide bonds. The summed E-state index contributed by atoms with van der Waals surface area (Å²) >= 11 is 0. The van der Waals surface area contributed by atoms with Crippen molar-refractivity contribution in [2.24, 2.45) is 0 Å². The highest BCUT2D eigenvalue weighted by atomic mass is 16.2. The number of anilines is 2. The molecule has 0 heterocycles. The average molecular weight is 325 g/mol. The van der Waals surface area contributed by atoms with Crippen LogP contribution < -0.4 is 16.0 Å². The second-order valence-corrected chi connectivity index (χ2v) is 6.00. The first-order valence-electron chi connectivity index (χ1n) is 7.92. The third kappa shape index (κ3) is 4.35. The van der Waals surface area contributed by atoms with E-state index in [1.165, 1.54) is 0 Å². The molecule has 0 saturated heterocycles. The molecule has 0 saturated carbocycles. The molecule has 2 rings (SSSR count). The van der Waals surface area contributed by atoms with E-state index in [0.29, 0.717) is 11.3 Å². The SMILES string of the molecule is Cc1cccc(NC(=O)c2ccccc2NC(=O)NC(C)C)c1C. The molecule has 126 valence electrons. The van der Waals surface area contributed by atoms with Gasteiger partial charge in [0.1, 0.15) is 0 Å². The number of hydrogen-bond acceptors (Lipinski definition) is 2. The van der Waals surface area contributed by atoms with E-state index in [2.05, 4.69) is 16.0 Å². The highest BCUT2D eigenvalue weighted by Crippen LogP contribution is 2.21. The Morgan fingerprint density at radius 2 is 1.54 bits per heavy atom. The minimum absolute atomic E-state index is 0.0148. The van der Waals surface area contributed by atoms with E-state index in [1.54, 1.807) is 24.3 Å². The Morgan fingerprint density at radius 1 is 0.875 bits per heavy atom. The van der Waals surface area contributed by atoms with Gasteiger partial charge in [0.25, 0.3) is 5.91 Å². The summed E-state index contributed by atoms with van der Waals surface area (Å²) in [7, 11) is 0. The summed E-state index contributed by atoms with van der Waals surface area (Å²) in [4.78, 5) is 24.5. The van der Waals surface area contributed by atoms with Crippen LogP contribution in [-0.4, -0.2) is 18.0 Å². The molecule has 0 atom stereocenters. The number of rotatable bonds is 4. The van der Waals surface area contributed by atoms with Gasteiger partial charge in [-0.3, -0.25) is 4.79 Å². The molecule has 2 aromatic rings. The molecule has 0 aliphatic heterocycles. The molecule has 5 nitrogen and oxygen atoms in total. The van der Waals surface area contributed by atoms with Crippen LogP contribution in [0.25, 0.3) is 0 Å². The first-order chi connectivity index (χ1) is 11.4. The van der Waals surface area contributed by atoms with Gasteiger partial charge in [-0.05, 0) is 57.0 Å². The third-order valence-corrected chi connectivity index (χ3v) is 3.69. The lowest BCUT2D eigenvalue weighted by atomic mass is 10.1. The Bertz CT molecular complexity index is 754. The zero-order chi connectivity index (χ0) is 17.7. The summed E-state index contributed by atoms with van der Waals surface area (Å²) in [5, 5.41) is 8.38. The number of carbonyl (C=O) groups is 2. The Balaban J connectivity index is 2.21. The lowest BCUT2D eigenvalue weighted by Gasteiger charge is -2.14. The largest absolute Gasteiger partial charge is 0.336 e. The zero-order valence-electron chi connectivity index (χ0n) is 14.4. The van der Waals surface area contributed by atoms with E-state index in [1.807, 2.05) is 45.9 Å². The van der Waals surface area contributed by atoms with Crippen LogP contribution in [-0.2, 0) is 0 Å². The molecule has 3 N–H and O–H groups in total. The molecule has 0 aliphatic carbocycles. The first-order valence-corrected chi connectivity index (χ1v) is 7.92. The quantitative estimate of drug-likeness (QED) is 0.792. The summed E-state index contributed by atoms with van der Waals surface area (Å²) in [5.74, 6) is -0.260. The Hall–Kier alpha value is -2.82. The molecular formula is C19H23N3O2. The fraction of sp³-hybridized carbons (Fsp3) is 0.263. The van der Waals surface area contributed by atoms with Crippen molar-refractivity contribution < 1.29 is 9.59 Å². The molecule has 0 spiro atoms. The fourth-order valence-electron chi connectivity index (χ4n) is 2.29. The second kappa shape index (κ2) is 7.64. The van der Waals surface area contributed by atoms with Crippen LogP contribution in [0.5, 0.6) is 0 Å². The molecule has 0 fully saturated rings. The summed E-state index contributed by atoms with van der Waals surface area (Å²) < 4.78 is 0. The van der Waals surface area contributed by atoms with Crippen molar-refractivity contribution in [2.75, 3.05) is 10.6 Å². The highest BCUT2D eigenvalue weighted by molar-refractivity contribution is 6.10. The fourth-order valence-corrected chi connectivity index (χ4v) is 2.29. The molecule has 0 unspecified atom stereocenters. The lowest BCUT2D eigenvalue weighted by molar-refractivity contribution is 0.102. The molecule has 24 heavy (non-hydrogen) atoms. The zero-order valence-corrected chi connectivity index (χ0v) is 14.4. The third-order valence-electron chi connectivity index (χ3n) is 3.69. The number of aryl methyl sites for hydroxylation is 1. The van der Waals surface area contributed by atoms with Crippen molar-refractivity contribution >= 4 is 23.3 Å². The number of hydrogen-bond donors (Lipinski definition) is 3. The van der Waals surface area contributed by atoms with Gasteiger partial charge in [0.15, 0.2) is 0 Å². The van der Waals surface area contributed by atoms with Crippen molar-refractivity contribution in [1.29, 1.82) is 0 Å². The van der Waals surface area contributed by atoms with Crippen LogP contribution in [0.15, 0.2) is 42.5 Å². The van der Waals surface area contributed by atoms with Crippen LogP contribution in [0.1, 0.15) is 35.3 Å². The summed E-state index contributed by atoms with van der Waals surface area (Å²) in [5.41, 5.74) is 3.78. The van der Waals surface area contributed by atoms with Gasteiger partial charge >= 0.3 is 6.03 Å². The number of amides is 3. The van der Waals surface area contributed by atoms with Gasteiger partial charge in [-0.2, -0.15) is 0 Å². The number of benzene rings is 2. The highest BCUT2D eigenvalue weighted by Gasteiger charge is 2.14. The van der Waals surface area contributed by atoms with Crippen molar-refractivity contribution in [3.63, 3.8) is 0 Å². The van der Waals surface area contributed by atoms with E-state index in [-0.39, 0.29) is 18.0 Å². The molecule has 0 aliphatic rings. The predicted molar refractivity (Wildman–Crippen MR) is 97.6 cm³/mol. The maximum absolute atomic E-state index is 12.6. The smallest absolute Gasteiger partial charge is 0.319 e. The molecule has 0 bridgehead atoms. The number of nitrogens with one attached hydrogen (secondary N) is 3. The van der Waals surface area contributed by atoms with Crippen molar-refractivity contribution in [3.05, 3.63) is 59.2 Å². The molecule has 0 aromatic heterocycles. The van der Waals surface area contributed by atoms with Crippen molar-refractivity contribution in [1.82, 2.24) is 5.32 Å². The molecule has 5 heteroatoms. The Labute approximate surface area is 142 Å². The van der Waals surface area contributed by atoms with Crippen LogP contribution >= 0.6 is 0 Å². The average Bonchev–Trinajstić information content (AvgIpc) is 2.51. The summed E-state index contributed by atoms with van der Waals surface area (Å²) in [6.07, 6.45) is 0. The maximum atomic E-state index is 12.6. The van der Waals surface area contributed by atoms with Crippen LogP contribution in [0, 0.1) is 13.8 Å². The number of para-hydroxylation sites is 1. The first kappa shape index (κ1) is 17.5. The van der Waals surface area contributed by atoms with Crippen LogP contribution in [0.4, 0.5) is 16.2 Å². The summed E-state index contributed by atoms with van der Waals surface area (Å²) in [6, 6.07) is 12.4. The van der Waals surface area contributed by atoms with E-state index in [0.717, 1.165) is 16.8 Å². The van der Waals surface area contributed by atoms with E-state index in [4.69, 9.17) is 0 Å². The number of urea groups is 1. The molecule has 2 aromatic carbocycles. The van der Waals surface area contributed by atoms with E-state index < -0.39 is 0 Å². The van der Waals surface area contributed by atoms with Gasteiger partial charge in [-0.25, -0.2) is 4.79 Å². The van der Waals surface area contributed by atoms with Gasteiger partial charge < -0.3 is 16.0 Å². The maximum Gasteiger partial charge on any atom is 0.319 e. The molecular weight excluding hydrogens is 302 g/mol. The minimum atomic E-state index is -0.336. The minimum Gasteiger partial charge on any atom is -0.336 e. The summed E-state index contributed by atoms with van der Waals surface area (Å²) in [6.45, 7) is 7.71. The van der Waals surface area contributed by atoms with Crippen LogP contribution in [0.3, 0.4) is 0 Å². The number of carbonyl (C=O) groups excluding carboxylic acids is 2. The van der Waals surface area contributed by atoms with Crippen molar-refractivity contribution in [3.8, 4) is 0 Å². The second-order valence-electron chi connectivity index (χ2n) is 6.00. The standard InChI is InChI=1S/C19H23N3O2/c1-12(2)20-19(24)22-17-10-6-5-9-15(17)18(23)21-16-11-7-8-13(3)14(16)4/h5-12H,1-4H3,(H,21,23)(H2,20,22,24).